The zero-order valence-electron chi connectivity index (χ0n) is 8.52. The maximum atomic E-state index is 11.7. The predicted molar refractivity (Wildman–Crippen MR) is 53.2 cm³/mol. The molecular weight excluding hydrogens is 212 g/mol. The first-order valence-electron chi connectivity index (χ1n) is 4.52. The first kappa shape index (κ1) is 10.1. The molecule has 8 heteroatoms. The average Bonchev–Trinajstić information content (AvgIpc) is 2.86. The van der Waals surface area contributed by atoms with Gasteiger partial charge in [0.15, 0.2) is 11.6 Å². The van der Waals surface area contributed by atoms with Crippen LogP contribution in [-0.4, -0.2) is 26.2 Å². The summed E-state index contributed by atoms with van der Waals surface area (Å²) in [6, 6.07) is 0. The van der Waals surface area contributed by atoms with Crippen LogP contribution in [0.1, 0.15) is 21.9 Å². The SMILES string of the molecule is Cc1[nH]nc(N)c1C(=O)NCc1ncon1. The monoisotopic (exact) mass is 222 g/mol. The molecule has 4 N–H and O–H groups in total. The summed E-state index contributed by atoms with van der Waals surface area (Å²) in [6.07, 6.45) is 1.19. The Balaban J connectivity index is 2.04. The molecule has 0 unspecified atom stereocenters. The normalized spacial score (nSPS) is 10.3. The fourth-order valence-electron chi connectivity index (χ4n) is 1.25. The lowest BCUT2D eigenvalue weighted by molar-refractivity contribution is 0.0950. The lowest BCUT2D eigenvalue weighted by Gasteiger charge is -2.01. The van der Waals surface area contributed by atoms with Gasteiger partial charge in [0.05, 0.1) is 6.54 Å². The van der Waals surface area contributed by atoms with Gasteiger partial charge in [-0.2, -0.15) is 10.1 Å². The van der Waals surface area contributed by atoms with Gasteiger partial charge in [0.25, 0.3) is 5.91 Å². The van der Waals surface area contributed by atoms with Crippen LogP contribution in [0, 0.1) is 6.92 Å². The minimum atomic E-state index is -0.325. The molecule has 0 saturated carbocycles. The molecule has 0 atom stereocenters. The van der Waals surface area contributed by atoms with E-state index in [1.165, 1.54) is 6.39 Å². The molecule has 2 rings (SSSR count). The summed E-state index contributed by atoms with van der Waals surface area (Å²) in [5.41, 5.74) is 6.49. The van der Waals surface area contributed by atoms with Gasteiger partial charge in [0.2, 0.25) is 6.39 Å². The van der Waals surface area contributed by atoms with Crippen molar-refractivity contribution in [3.8, 4) is 0 Å². The zero-order chi connectivity index (χ0) is 11.5. The maximum Gasteiger partial charge on any atom is 0.257 e. The highest BCUT2D eigenvalue weighted by molar-refractivity contribution is 5.99. The summed E-state index contributed by atoms with van der Waals surface area (Å²) < 4.78 is 4.53. The van der Waals surface area contributed by atoms with Crippen molar-refractivity contribution in [3.05, 3.63) is 23.5 Å². The third-order valence-electron chi connectivity index (χ3n) is 2.02. The van der Waals surface area contributed by atoms with Gasteiger partial charge >= 0.3 is 0 Å². The second-order valence-corrected chi connectivity index (χ2v) is 3.14. The van der Waals surface area contributed by atoms with E-state index in [1.807, 2.05) is 0 Å². The fourth-order valence-corrected chi connectivity index (χ4v) is 1.25. The number of amides is 1. The summed E-state index contributed by atoms with van der Waals surface area (Å²) >= 11 is 0. The summed E-state index contributed by atoms with van der Waals surface area (Å²) in [4.78, 5) is 15.5. The Morgan fingerprint density at radius 1 is 1.69 bits per heavy atom. The smallest absolute Gasteiger partial charge is 0.257 e. The third kappa shape index (κ3) is 1.85. The molecule has 0 aromatic carbocycles. The van der Waals surface area contributed by atoms with Gasteiger partial charge in [0, 0.05) is 5.69 Å². The van der Waals surface area contributed by atoms with Crippen LogP contribution in [0.4, 0.5) is 5.82 Å². The Labute approximate surface area is 90.2 Å². The van der Waals surface area contributed by atoms with Crippen LogP contribution in [0.2, 0.25) is 0 Å². The van der Waals surface area contributed by atoms with Crippen LogP contribution >= 0.6 is 0 Å². The Hall–Kier alpha value is -2.38. The molecule has 1 amide bonds. The molecule has 0 spiro atoms. The largest absolute Gasteiger partial charge is 0.382 e. The van der Waals surface area contributed by atoms with Crippen molar-refractivity contribution in [2.24, 2.45) is 0 Å². The molecule has 8 nitrogen and oxygen atoms in total. The number of aromatic amines is 1. The second-order valence-electron chi connectivity index (χ2n) is 3.14. The molecule has 0 aliphatic rings. The lowest BCUT2D eigenvalue weighted by Crippen LogP contribution is -2.24. The summed E-state index contributed by atoms with van der Waals surface area (Å²) in [6.45, 7) is 1.89. The molecule has 0 fully saturated rings. The van der Waals surface area contributed by atoms with E-state index >= 15 is 0 Å². The minimum Gasteiger partial charge on any atom is -0.382 e. The Morgan fingerprint density at radius 3 is 3.06 bits per heavy atom. The van der Waals surface area contributed by atoms with Gasteiger partial charge in [-0.3, -0.25) is 9.89 Å². The Morgan fingerprint density at radius 2 is 2.50 bits per heavy atom. The van der Waals surface area contributed by atoms with E-state index in [0.29, 0.717) is 17.1 Å². The van der Waals surface area contributed by atoms with Gasteiger partial charge in [-0.05, 0) is 6.92 Å². The highest BCUT2D eigenvalue weighted by Crippen LogP contribution is 2.11. The number of hydrogen-bond donors (Lipinski definition) is 3. The minimum absolute atomic E-state index is 0.170. The molecule has 2 heterocycles. The molecule has 0 saturated heterocycles. The number of nitrogen functional groups attached to an aromatic ring is 1. The van der Waals surface area contributed by atoms with Crippen LogP contribution in [-0.2, 0) is 6.54 Å². The number of nitrogens with zero attached hydrogens (tertiary/aromatic N) is 3. The number of carbonyl (C=O) groups excluding carboxylic acids is 1. The number of H-pyrrole nitrogens is 1. The molecule has 2 aromatic rings. The van der Waals surface area contributed by atoms with E-state index in [-0.39, 0.29) is 18.3 Å². The molecule has 84 valence electrons. The predicted octanol–water partition coefficient (Wildman–Crippen LogP) is -0.387. The first-order valence-corrected chi connectivity index (χ1v) is 4.52. The van der Waals surface area contributed by atoms with Gasteiger partial charge in [-0.25, -0.2) is 0 Å². The summed E-state index contributed by atoms with van der Waals surface area (Å²) in [7, 11) is 0. The number of carbonyl (C=O) groups is 1. The van der Waals surface area contributed by atoms with E-state index in [1.54, 1.807) is 6.92 Å². The van der Waals surface area contributed by atoms with Crippen molar-refractivity contribution < 1.29 is 9.32 Å². The van der Waals surface area contributed by atoms with Crippen molar-refractivity contribution >= 4 is 11.7 Å². The molecular formula is C8H10N6O2. The molecule has 16 heavy (non-hydrogen) atoms. The van der Waals surface area contributed by atoms with Crippen molar-refractivity contribution in [2.45, 2.75) is 13.5 Å². The van der Waals surface area contributed by atoms with Gasteiger partial charge in [0.1, 0.15) is 5.56 Å². The molecule has 0 radical (unpaired) electrons. The van der Waals surface area contributed by atoms with Crippen LogP contribution < -0.4 is 11.1 Å². The van der Waals surface area contributed by atoms with E-state index in [0.717, 1.165) is 0 Å². The van der Waals surface area contributed by atoms with E-state index in [9.17, 15) is 4.79 Å². The highest BCUT2D eigenvalue weighted by atomic mass is 16.5. The van der Waals surface area contributed by atoms with Gasteiger partial charge in [-0.1, -0.05) is 5.16 Å². The fraction of sp³-hybridized carbons (Fsp3) is 0.250. The van der Waals surface area contributed by atoms with Crippen molar-refractivity contribution in [1.82, 2.24) is 25.7 Å². The van der Waals surface area contributed by atoms with Gasteiger partial charge in [-0.15, -0.1) is 0 Å². The number of nitrogens with one attached hydrogen (secondary N) is 2. The highest BCUT2D eigenvalue weighted by Gasteiger charge is 2.16. The number of anilines is 1. The van der Waals surface area contributed by atoms with Crippen LogP contribution in [0.3, 0.4) is 0 Å². The van der Waals surface area contributed by atoms with Gasteiger partial charge < -0.3 is 15.6 Å². The van der Waals surface area contributed by atoms with Crippen molar-refractivity contribution in [1.29, 1.82) is 0 Å². The van der Waals surface area contributed by atoms with Crippen molar-refractivity contribution in [2.75, 3.05) is 5.73 Å². The molecule has 0 aliphatic carbocycles. The molecule has 0 bridgehead atoms. The number of rotatable bonds is 3. The quantitative estimate of drug-likeness (QED) is 0.650. The molecule has 2 aromatic heterocycles. The number of aryl methyl sites for hydroxylation is 1. The first-order chi connectivity index (χ1) is 7.68. The standard InChI is InChI=1S/C8H10N6O2/c1-4-6(7(9)13-12-4)8(15)10-2-5-11-3-16-14-5/h3H,2H2,1H3,(H,10,15)(H3,9,12,13). The van der Waals surface area contributed by atoms with Crippen LogP contribution in [0.15, 0.2) is 10.9 Å². The topological polar surface area (TPSA) is 123 Å². The number of nitrogens with two attached hydrogens (primary N) is 1. The number of aromatic nitrogens is 4. The van der Waals surface area contributed by atoms with E-state index in [4.69, 9.17) is 5.73 Å². The summed E-state index contributed by atoms with van der Waals surface area (Å²) in [5.74, 6) is 0.240. The number of hydrogen-bond acceptors (Lipinski definition) is 6. The van der Waals surface area contributed by atoms with E-state index in [2.05, 4.69) is 30.2 Å². The molecule has 0 aliphatic heterocycles. The van der Waals surface area contributed by atoms with Crippen LogP contribution in [0.25, 0.3) is 0 Å². The third-order valence-corrected chi connectivity index (χ3v) is 2.02. The van der Waals surface area contributed by atoms with Crippen molar-refractivity contribution in [3.63, 3.8) is 0 Å². The Kier molecular flexibility index (Phi) is 2.54. The lowest BCUT2D eigenvalue weighted by atomic mass is 10.2. The van der Waals surface area contributed by atoms with E-state index < -0.39 is 0 Å². The van der Waals surface area contributed by atoms with Crippen LogP contribution in [0.5, 0.6) is 0 Å². The maximum absolute atomic E-state index is 11.7. The second kappa shape index (κ2) is 4.01. The Bertz CT molecular complexity index is 469. The summed E-state index contributed by atoms with van der Waals surface area (Å²) in [5, 5.41) is 12.5. The average molecular weight is 222 g/mol. The zero-order valence-corrected chi connectivity index (χ0v) is 8.52.